The van der Waals surface area contributed by atoms with Gasteiger partial charge >= 0.3 is 0 Å². The van der Waals surface area contributed by atoms with E-state index in [1.807, 2.05) is 19.1 Å². The van der Waals surface area contributed by atoms with Gasteiger partial charge < -0.3 is 15.0 Å². The van der Waals surface area contributed by atoms with Gasteiger partial charge in [0.1, 0.15) is 5.75 Å². The van der Waals surface area contributed by atoms with E-state index in [-0.39, 0.29) is 17.2 Å². The van der Waals surface area contributed by atoms with Crippen molar-refractivity contribution in [3.05, 3.63) is 69.5 Å². The van der Waals surface area contributed by atoms with E-state index in [2.05, 4.69) is 15.3 Å². The second kappa shape index (κ2) is 8.95. The number of aromatic nitrogens is 2. The minimum absolute atomic E-state index is 0.0982. The average molecular weight is 416 g/mol. The van der Waals surface area contributed by atoms with Crippen molar-refractivity contribution in [2.45, 2.75) is 12.1 Å². The number of rotatable bonds is 6. The molecule has 1 aromatic heterocycles. The van der Waals surface area contributed by atoms with E-state index in [1.54, 1.807) is 37.4 Å². The van der Waals surface area contributed by atoms with Crippen LogP contribution < -0.4 is 15.6 Å². The van der Waals surface area contributed by atoms with E-state index >= 15 is 0 Å². The van der Waals surface area contributed by atoms with Gasteiger partial charge in [-0.2, -0.15) is 0 Å². The monoisotopic (exact) mass is 415 g/mol. The number of benzene rings is 2. The average Bonchev–Trinajstić information content (AvgIpc) is 2.69. The molecule has 0 aliphatic heterocycles. The zero-order valence-corrected chi connectivity index (χ0v) is 16.9. The van der Waals surface area contributed by atoms with Crippen LogP contribution in [0.4, 0.5) is 5.69 Å². The standard InChI is InChI=1S/C20H18ClN3O3S/c1-12-15(21)4-3-5-16(12)22-19(26)11-28-20-23-17(10-18(25)24-20)13-6-8-14(27-2)9-7-13/h3-10H,11H2,1-2H3,(H,22,26)(H,23,24,25). The van der Waals surface area contributed by atoms with Crippen molar-refractivity contribution in [2.75, 3.05) is 18.2 Å². The normalized spacial score (nSPS) is 10.5. The molecular formula is C20H18ClN3O3S. The Kier molecular flexibility index (Phi) is 6.38. The number of halogens is 1. The Morgan fingerprint density at radius 1 is 1.25 bits per heavy atom. The molecule has 8 heteroatoms. The number of hydrogen-bond acceptors (Lipinski definition) is 5. The van der Waals surface area contributed by atoms with Gasteiger partial charge in [0, 0.05) is 22.3 Å². The highest BCUT2D eigenvalue weighted by Gasteiger charge is 2.10. The molecule has 144 valence electrons. The fourth-order valence-corrected chi connectivity index (χ4v) is 3.33. The highest BCUT2D eigenvalue weighted by Crippen LogP contribution is 2.24. The number of ether oxygens (including phenoxy) is 1. The third kappa shape index (κ3) is 4.94. The summed E-state index contributed by atoms with van der Waals surface area (Å²) >= 11 is 7.22. The minimum atomic E-state index is -0.283. The second-order valence-corrected chi connectivity index (χ2v) is 7.28. The number of aromatic amines is 1. The maximum absolute atomic E-state index is 12.3. The van der Waals surface area contributed by atoms with Gasteiger partial charge in [0.05, 0.1) is 18.6 Å². The van der Waals surface area contributed by atoms with Crippen LogP contribution in [0.15, 0.2) is 58.5 Å². The summed E-state index contributed by atoms with van der Waals surface area (Å²) in [6.45, 7) is 1.84. The van der Waals surface area contributed by atoms with E-state index in [1.165, 1.54) is 6.07 Å². The van der Waals surface area contributed by atoms with Crippen LogP contribution in [0.25, 0.3) is 11.3 Å². The van der Waals surface area contributed by atoms with Gasteiger partial charge in [0.25, 0.3) is 5.56 Å². The fraction of sp³-hybridized carbons (Fsp3) is 0.150. The molecule has 0 spiro atoms. The maximum atomic E-state index is 12.3. The highest BCUT2D eigenvalue weighted by molar-refractivity contribution is 7.99. The SMILES string of the molecule is COc1ccc(-c2cc(=O)[nH]c(SCC(=O)Nc3cccc(Cl)c3C)n2)cc1. The fourth-order valence-electron chi connectivity index (χ4n) is 2.48. The molecule has 0 aliphatic rings. The van der Waals surface area contributed by atoms with Crippen LogP contribution in [-0.4, -0.2) is 28.7 Å². The summed E-state index contributed by atoms with van der Waals surface area (Å²) < 4.78 is 5.14. The first-order valence-electron chi connectivity index (χ1n) is 8.40. The van der Waals surface area contributed by atoms with Gasteiger partial charge in [-0.3, -0.25) is 9.59 Å². The molecule has 1 amide bonds. The minimum Gasteiger partial charge on any atom is -0.497 e. The molecule has 0 saturated heterocycles. The zero-order valence-electron chi connectivity index (χ0n) is 15.3. The third-order valence-corrected chi connectivity index (χ3v) is 5.27. The van der Waals surface area contributed by atoms with Crippen LogP contribution in [-0.2, 0) is 4.79 Å². The predicted molar refractivity (Wildman–Crippen MR) is 112 cm³/mol. The molecule has 0 aliphatic carbocycles. The van der Waals surface area contributed by atoms with Crippen molar-refractivity contribution in [1.29, 1.82) is 0 Å². The summed E-state index contributed by atoms with van der Waals surface area (Å²) in [6.07, 6.45) is 0. The topological polar surface area (TPSA) is 84.1 Å². The highest BCUT2D eigenvalue weighted by atomic mass is 35.5. The lowest BCUT2D eigenvalue weighted by atomic mass is 10.1. The van der Waals surface area contributed by atoms with Crippen LogP contribution in [0.3, 0.4) is 0 Å². The molecule has 3 rings (SSSR count). The molecule has 0 bridgehead atoms. The molecule has 3 aromatic rings. The van der Waals surface area contributed by atoms with Crippen LogP contribution in [0.5, 0.6) is 5.75 Å². The molecule has 28 heavy (non-hydrogen) atoms. The van der Waals surface area contributed by atoms with Crippen molar-refractivity contribution in [3.8, 4) is 17.0 Å². The largest absolute Gasteiger partial charge is 0.497 e. The number of carbonyl (C=O) groups is 1. The number of nitrogens with zero attached hydrogens (tertiary/aromatic N) is 1. The van der Waals surface area contributed by atoms with Gasteiger partial charge in [-0.25, -0.2) is 4.98 Å². The number of carbonyl (C=O) groups excluding carboxylic acids is 1. The lowest BCUT2D eigenvalue weighted by Crippen LogP contribution is -2.16. The molecule has 2 aromatic carbocycles. The molecule has 2 N–H and O–H groups in total. The Morgan fingerprint density at radius 2 is 2.00 bits per heavy atom. The number of methoxy groups -OCH3 is 1. The molecule has 0 atom stereocenters. The van der Waals surface area contributed by atoms with E-state index < -0.39 is 0 Å². The molecule has 6 nitrogen and oxygen atoms in total. The molecule has 1 heterocycles. The summed E-state index contributed by atoms with van der Waals surface area (Å²) in [5, 5.41) is 3.78. The number of nitrogens with one attached hydrogen (secondary N) is 2. The Hall–Kier alpha value is -2.77. The summed E-state index contributed by atoms with van der Waals surface area (Å²) in [5.41, 5.74) is 2.49. The number of thioether (sulfide) groups is 1. The van der Waals surface area contributed by atoms with E-state index in [0.29, 0.717) is 21.6 Å². The number of hydrogen-bond donors (Lipinski definition) is 2. The Balaban J connectivity index is 1.70. The molecule has 0 radical (unpaired) electrons. The van der Waals surface area contributed by atoms with E-state index in [9.17, 15) is 9.59 Å². The lowest BCUT2D eigenvalue weighted by Gasteiger charge is -2.09. The third-order valence-electron chi connectivity index (χ3n) is 3.99. The van der Waals surface area contributed by atoms with Crippen molar-refractivity contribution < 1.29 is 9.53 Å². The van der Waals surface area contributed by atoms with Crippen molar-refractivity contribution >= 4 is 35.0 Å². The van der Waals surface area contributed by atoms with E-state index in [4.69, 9.17) is 16.3 Å². The zero-order chi connectivity index (χ0) is 20.1. The molecule has 0 fully saturated rings. The number of anilines is 1. The second-order valence-electron chi connectivity index (χ2n) is 5.91. The van der Waals surface area contributed by atoms with E-state index in [0.717, 1.165) is 28.6 Å². The Labute approximate surface area is 171 Å². The lowest BCUT2D eigenvalue weighted by molar-refractivity contribution is -0.113. The smallest absolute Gasteiger partial charge is 0.252 e. The van der Waals surface area contributed by atoms with Gasteiger partial charge in [0.2, 0.25) is 5.91 Å². The summed E-state index contributed by atoms with van der Waals surface area (Å²) in [5.74, 6) is 0.602. The first kappa shape index (κ1) is 20.0. The molecule has 0 unspecified atom stereocenters. The predicted octanol–water partition coefficient (Wildman–Crippen LogP) is 4.14. The summed E-state index contributed by atoms with van der Waals surface area (Å²) in [6, 6.07) is 14.0. The first-order valence-corrected chi connectivity index (χ1v) is 9.76. The Morgan fingerprint density at radius 3 is 2.71 bits per heavy atom. The van der Waals surface area contributed by atoms with Crippen LogP contribution in [0, 0.1) is 6.92 Å². The van der Waals surface area contributed by atoms with Gasteiger partial charge in [-0.1, -0.05) is 29.4 Å². The van der Waals surface area contributed by atoms with Crippen molar-refractivity contribution in [3.63, 3.8) is 0 Å². The molecular weight excluding hydrogens is 398 g/mol. The van der Waals surface area contributed by atoms with Crippen molar-refractivity contribution in [2.24, 2.45) is 0 Å². The maximum Gasteiger partial charge on any atom is 0.252 e. The Bertz CT molecular complexity index is 1050. The summed E-state index contributed by atoms with van der Waals surface area (Å²) in [7, 11) is 1.59. The number of amides is 1. The first-order chi connectivity index (χ1) is 13.5. The van der Waals surface area contributed by atoms with Gasteiger partial charge in [-0.15, -0.1) is 0 Å². The van der Waals surface area contributed by atoms with Crippen LogP contribution in [0.2, 0.25) is 5.02 Å². The van der Waals surface area contributed by atoms with Crippen LogP contribution in [0.1, 0.15) is 5.56 Å². The number of H-pyrrole nitrogens is 1. The quantitative estimate of drug-likeness (QED) is 0.467. The van der Waals surface area contributed by atoms with Gasteiger partial charge in [0.15, 0.2) is 5.16 Å². The van der Waals surface area contributed by atoms with Gasteiger partial charge in [-0.05, 0) is 48.9 Å². The van der Waals surface area contributed by atoms with Crippen molar-refractivity contribution in [1.82, 2.24) is 9.97 Å². The van der Waals surface area contributed by atoms with Crippen LogP contribution >= 0.6 is 23.4 Å². The summed E-state index contributed by atoms with van der Waals surface area (Å²) in [4.78, 5) is 31.3. The molecule has 0 saturated carbocycles.